The van der Waals surface area contributed by atoms with E-state index in [9.17, 15) is 0 Å². The number of hydrogen-bond acceptors (Lipinski definition) is 0. The highest BCUT2D eigenvalue weighted by Gasteiger charge is 2.17. The first-order valence-corrected chi connectivity index (χ1v) is 7.52. The van der Waals surface area contributed by atoms with Crippen molar-refractivity contribution in [2.24, 2.45) is 0 Å². The number of aryl methyl sites for hydroxylation is 1. The fraction of sp³-hybridized carbons (Fsp3) is 0.333. The van der Waals surface area contributed by atoms with Gasteiger partial charge >= 0.3 is 0 Å². The van der Waals surface area contributed by atoms with E-state index in [2.05, 4.69) is 31.2 Å². The summed E-state index contributed by atoms with van der Waals surface area (Å²) < 4.78 is 0. The fourth-order valence-electron chi connectivity index (χ4n) is 3.17. The monoisotopic (exact) mass is 270 g/mol. The molecule has 0 nitrogen and oxygen atoms in total. The Morgan fingerprint density at radius 3 is 2.21 bits per heavy atom. The van der Waals surface area contributed by atoms with Gasteiger partial charge in [0.2, 0.25) is 0 Å². The summed E-state index contributed by atoms with van der Waals surface area (Å²) in [7, 11) is 0. The number of fused-ring (bicyclic) bond motifs is 1. The van der Waals surface area contributed by atoms with Crippen molar-refractivity contribution < 1.29 is 0 Å². The van der Waals surface area contributed by atoms with Crippen molar-refractivity contribution in [2.45, 2.75) is 39.0 Å². The van der Waals surface area contributed by atoms with Gasteiger partial charge < -0.3 is 0 Å². The third-order valence-corrected chi connectivity index (χ3v) is 4.42. The number of rotatable bonds is 3. The van der Waals surface area contributed by atoms with Crippen LogP contribution < -0.4 is 0 Å². The van der Waals surface area contributed by atoms with E-state index >= 15 is 0 Å². The zero-order valence-corrected chi connectivity index (χ0v) is 12.1. The second-order valence-corrected chi connectivity index (χ2v) is 5.79. The SMILES string of the molecule is CCc1ccc(Cc2ccc(Cl)cc2)c2c1CCC2. The van der Waals surface area contributed by atoms with E-state index in [1.165, 1.54) is 30.4 Å². The van der Waals surface area contributed by atoms with Gasteiger partial charge in [0.1, 0.15) is 0 Å². The smallest absolute Gasteiger partial charge is 0.0406 e. The summed E-state index contributed by atoms with van der Waals surface area (Å²) in [6, 6.07) is 12.9. The van der Waals surface area contributed by atoms with Crippen molar-refractivity contribution in [3.63, 3.8) is 0 Å². The van der Waals surface area contributed by atoms with Crippen LogP contribution in [0.1, 0.15) is 41.2 Å². The van der Waals surface area contributed by atoms with Gasteiger partial charge in [-0.3, -0.25) is 0 Å². The van der Waals surface area contributed by atoms with Gasteiger partial charge in [0, 0.05) is 5.02 Å². The third kappa shape index (κ3) is 2.55. The molecule has 1 aliphatic carbocycles. The van der Waals surface area contributed by atoms with Crippen LogP contribution in [0.4, 0.5) is 0 Å². The molecule has 0 unspecified atom stereocenters. The Hall–Kier alpha value is -1.27. The van der Waals surface area contributed by atoms with E-state index in [1.807, 2.05) is 12.1 Å². The van der Waals surface area contributed by atoms with Crippen LogP contribution in [-0.2, 0) is 25.7 Å². The first kappa shape index (κ1) is 12.7. The number of halogens is 1. The second-order valence-electron chi connectivity index (χ2n) is 5.35. The van der Waals surface area contributed by atoms with E-state index in [4.69, 9.17) is 11.6 Å². The molecule has 2 aromatic rings. The molecule has 0 fully saturated rings. The second kappa shape index (κ2) is 5.38. The van der Waals surface area contributed by atoms with Gasteiger partial charge in [-0.1, -0.05) is 42.8 Å². The van der Waals surface area contributed by atoms with E-state index in [-0.39, 0.29) is 0 Å². The standard InChI is InChI=1S/C18H19Cl/c1-2-14-8-9-15(18-5-3-4-17(14)18)12-13-6-10-16(19)11-7-13/h6-11H,2-5,12H2,1H3. The Kier molecular flexibility index (Phi) is 3.61. The molecule has 0 radical (unpaired) electrons. The number of benzene rings is 2. The average molecular weight is 271 g/mol. The van der Waals surface area contributed by atoms with Crippen molar-refractivity contribution in [1.29, 1.82) is 0 Å². The minimum absolute atomic E-state index is 0.815. The van der Waals surface area contributed by atoms with Crippen LogP contribution >= 0.6 is 11.6 Å². The molecule has 0 aliphatic heterocycles. The quantitative estimate of drug-likeness (QED) is 0.738. The van der Waals surface area contributed by atoms with Gasteiger partial charge in [-0.05, 0) is 72.1 Å². The summed E-state index contributed by atoms with van der Waals surface area (Å²) in [5.41, 5.74) is 7.66. The van der Waals surface area contributed by atoms with Crippen LogP contribution in [0, 0.1) is 0 Å². The van der Waals surface area contributed by atoms with Crippen molar-refractivity contribution in [1.82, 2.24) is 0 Å². The lowest BCUT2D eigenvalue weighted by Crippen LogP contribution is -1.98. The van der Waals surface area contributed by atoms with Gasteiger partial charge in [0.15, 0.2) is 0 Å². The molecule has 0 N–H and O–H groups in total. The summed E-state index contributed by atoms with van der Waals surface area (Å²) in [6.45, 7) is 2.26. The highest BCUT2D eigenvalue weighted by atomic mass is 35.5. The van der Waals surface area contributed by atoms with E-state index < -0.39 is 0 Å². The van der Waals surface area contributed by atoms with E-state index in [1.54, 1.807) is 16.7 Å². The van der Waals surface area contributed by atoms with Gasteiger partial charge in [-0.2, -0.15) is 0 Å². The summed E-state index contributed by atoms with van der Waals surface area (Å²) in [4.78, 5) is 0. The lowest BCUT2D eigenvalue weighted by atomic mass is 9.93. The molecule has 0 spiro atoms. The van der Waals surface area contributed by atoms with Crippen LogP contribution in [0.5, 0.6) is 0 Å². The predicted molar refractivity (Wildman–Crippen MR) is 82.1 cm³/mol. The highest BCUT2D eigenvalue weighted by molar-refractivity contribution is 6.30. The van der Waals surface area contributed by atoms with Crippen molar-refractivity contribution in [3.8, 4) is 0 Å². The Morgan fingerprint density at radius 1 is 0.895 bits per heavy atom. The molecule has 0 saturated heterocycles. The Labute approximate surface area is 120 Å². The maximum Gasteiger partial charge on any atom is 0.0406 e. The minimum atomic E-state index is 0.815. The van der Waals surface area contributed by atoms with Crippen LogP contribution in [0.25, 0.3) is 0 Å². The molecule has 0 bridgehead atoms. The lowest BCUT2D eigenvalue weighted by molar-refractivity contribution is 0.902. The van der Waals surface area contributed by atoms with Crippen molar-refractivity contribution in [3.05, 3.63) is 69.2 Å². The summed E-state index contributed by atoms with van der Waals surface area (Å²) in [6.07, 6.45) is 6.03. The molecule has 0 atom stereocenters. The molecule has 1 heteroatoms. The van der Waals surface area contributed by atoms with Gasteiger partial charge in [0.25, 0.3) is 0 Å². The molecule has 2 aromatic carbocycles. The van der Waals surface area contributed by atoms with Gasteiger partial charge in [-0.25, -0.2) is 0 Å². The fourth-order valence-corrected chi connectivity index (χ4v) is 3.30. The molecular weight excluding hydrogens is 252 g/mol. The summed E-state index contributed by atoms with van der Waals surface area (Å²) in [5.74, 6) is 0. The highest BCUT2D eigenvalue weighted by Crippen LogP contribution is 2.30. The molecule has 0 aromatic heterocycles. The Morgan fingerprint density at radius 2 is 1.53 bits per heavy atom. The van der Waals surface area contributed by atoms with Crippen LogP contribution in [0.2, 0.25) is 5.02 Å². The molecule has 0 heterocycles. The third-order valence-electron chi connectivity index (χ3n) is 4.17. The summed E-state index contributed by atoms with van der Waals surface area (Å²) >= 11 is 5.95. The van der Waals surface area contributed by atoms with Crippen molar-refractivity contribution in [2.75, 3.05) is 0 Å². The molecule has 0 saturated carbocycles. The van der Waals surface area contributed by atoms with E-state index in [0.29, 0.717) is 0 Å². The normalized spacial score (nSPS) is 13.6. The predicted octanol–water partition coefficient (Wildman–Crippen LogP) is 4.98. The first-order chi connectivity index (χ1) is 9.28. The summed E-state index contributed by atoms with van der Waals surface area (Å²) in [5, 5.41) is 0.815. The van der Waals surface area contributed by atoms with Crippen LogP contribution in [0.15, 0.2) is 36.4 Å². The van der Waals surface area contributed by atoms with Crippen LogP contribution in [0.3, 0.4) is 0 Å². The van der Waals surface area contributed by atoms with E-state index in [0.717, 1.165) is 17.9 Å². The molecule has 3 rings (SSSR count). The first-order valence-electron chi connectivity index (χ1n) is 7.15. The average Bonchev–Trinajstić information content (AvgIpc) is 2.91. The van der Waals surface area contributed by atoms with Gasteiger partial charge in [-0.15, -0.1) is 0 Å². The topological polar surface area (TPSA) is 0 Å². The minimum Gasteiger partial charge on any atom is -0.0843 e. The largest absolute Gasteiger partial charge is 0.0843 e. The molecule has 1 aliphatic rings. The Balaban J connectivity index is 1.94. The maximum absolute atomic E-state index is 5.95. The maximum atomic E-state index is 5.95. The van der Waals surface area contributed by atoms with Gasteiger partial charge in [0.05, 0.1) is 0 Å². The molecule has 19 heavy (non-hydrogen) atoms. The molecule has 0 amide bonds. The zero-order valence-electron chi connectivity index (χ0n) is 11.4. The van der Waals surface area contributed by atoms with Crippen molar-refractivity contribution >= 4 is 11.6 Å². The molecular formula is C18H19Cl. The Bertz CT molecular complexity index is 581. The van der Waals surface area contributed by atoms with Crippen LogP contribution in [-0.4, -0.2) is 0 Å². The molecule has 98 valence electrons. The zero-order chi connectivity index (χ0) is 13.2. The number of hydrogen-bond donors (Lipinski definition) is 0. The lowest BCUT2D eigenvalue weighted by Gasteiger charge is -2.12.